The molecule has 1 heteroatoms. The molecule has 1 N–H and O–H groups in total. The highest BCUT2D eigenvalue weighted by Crippen LogP contribution is 1.80. The summed E-state index contributed by atoms with van der Waals surface area (Å²) in [5, 5.41) is 2.27. The average Bonchev–Trinajstić information content (AvgIpc) is 2.37. The Balaban J connectivity index is 3.52. The van der Waals surface area contributed by atoms with Gasteiger partial charge in [-0.15, -0.1) is 0 Å². The van der Waals surface area contributed by atoms with Gasteiger partial charge < -0.3 is 4.98 Å². The van der Waals surface area contributed by atoms with E-state index in [1.807, 2.05) is 18.3 Å². The molecule has 1 aromatic rings. The first-order valence-electron chi connectivity index (χ1n) is 3.89. The molecule has 0 aliphatic heterocycles. The van der Waals surface area contributed by atoms with Crippen molar-refractivity contribution in [2.24, 2.45) is 0 Å². The van der Waals surface area contributed by atoms with E-state index in [-0.39, 0.29) is 0 Å². The Morgan fingerprint density at radius 3 is 2.50 bits per heavy atom. The van der Waals surface area contributed by atoms with Crippen LogP contribution in [0.3, 0.4) is 0 Å². The van der Waals surface area contributed by atoms with Gasteiger partial charge in [0.25, 0.3) is 0 Å². The first-order valence-corrected chi connectivity index (χ1v) is 3.89. The third kappa shape index (κ3) is 1.56. The van der Waals surface area contributed by atoms with Crippen molar-refractivity contribution >= 4 is 12.2 Å². The van der Waals surface area contributed by atoms with Gasteiger partial charge in [0.2, 0.25) is 0 Å². The average molecular weight is 159 g/mol. The Morgan fingerprint density at radius 1 is 1.25 bits per heavy atom. The quantitative estimate of drug-likeness (QED) is 0.668. The van der Waals surface area contributed by atoms with E-state index in [4.69, 9.17) is 0 Å². The zero-order valence-corrected chi connectivity index (χ0v) is 7.30. The van der Waals surface area contributed by atoms with Crippen LogP contribution in [0.25, 0.3) is 12.2 Å². The molecule has 0 aliphatic carbocycles. The normalized spacial score (nSPS) is 13.4. The molecule has 0 radical (unpaired) electrons. The van der Waals surface area contributed by atoms with Crippen LogP contribution in [0.1, 0.15) is 5.56 Å². The van der Waals surface area contributed by atoms with Crippen LogP contribution in [0.5, 0.6) is 0 Å². The highest BCUT2D eigenvalue weighted by atomic mass is 14.7. The van der Waals surface area contributed by atoms with Gasteiger partial charge >= 0.3 is 0 Å². The van der Waals surface area contributed by atoms with Gasteiger partial charge in [-0.05, 0) is 18.6 Å². The standard InChI is InChI=1S/C11H13N/c1-4-6-10-9(3)8-12-11(10)7-5-2/h4-8,12H,1-2H2,3H3/b10-6-,11-7+. The summed E-state index contributed by atoms with van der Waals surface area (Å²) in [7, 11) is 0. The second kappa shape index (κ2) is 3.77. The van der Waals surface area contributed by atoms with Gasteiger partial charge in [0, 0.05) is 16.8 Å². The summed E-state index contributed by atoms with van der Waals surface area (Å²) >= 11 is 0. The molecule has 1 heterocycles. The maximum Gasteiger partial charge on any atom is 0.0456 e. The minimum absolute atomic E-state index is 1.09. The van der Waals surface area contributed by atoms with Gasteiger partial charge in [0.15, 0.2) is 0 Å². The second-order valence-corrected chi connectivity index (χ2v) is 2.60. The summed E-state index contributed by atoms with van der Waals surface area (Å²) in [6, 6.07) is 0. The SMILES string of the molecule is C=C/C=c1/c(C)c[nH]/c1=C/C=C. The zero-order valence-electron chi connectivity index (χ0n) is 7.30. The summed E-state index contributed by atoms with van der Waals surface area (Å²) in [4.78, 5) is 3.15. The lowest BCUT2D eigenvalue weighted by Gasteiger charge is -1.80. The molecule has 0 spiro atoms. The van der Waals surface area contributed by atoms with E-state index in [0.717, 1.165) is 5.35 Å². The maximum absolute atomic E-state index is 3.67. The molecule has 0 fully saturated rings. The third-order valence-electron chi connectivity index (χ3n) is 1.73. The highest BCUT2D eigenvalue weighted by Gasteiger charge is 1.89. The molecule has 1 rings (SSSR count). The number of allylic oxidation sites excluding steroid dienone is 2. The molecule has 0 saturated carbocycles. The Kier molecular flexibility index (Phi) is 2.70. The van der Waals surface area contributed by atoms with Crippen molar-refractivity contribution in [2.75, 3.05) is 0 Å². The topological polar surface area (TPSA) is 15.8 Å². The van der Waals surface area contributed by atoms with E-state index in [9.17, 15) is 0 Å². The van der Waals surface area contributed by atoms with E-state index in [0.29, 0.717) is 0 Å². The number of hydrogen-bond acceptors (Lipinski definition) is 0. The molecule has 0 aliphatic rings. The molecule has 1 nitrogen and oxygen atoms in total. The fraction of sp³-hybridized carbons (Fsp3) is 0.0909. The smallest absolute Gasteiger partial charge is 0.0456 e. The van der Waals surface area contributed by atoms with Crippen molar-refractivity contribution in [1.29, 1.82) is 0 Å². The maximum atomic E-state index is 3.67. The Hall–Kier alpha value is -1.50. The van der Waals surface area contributed by atoms with Gasteiger partial charge in [0.05, 0.1) is 0 Å². The van der Waals surface area contributed by atoms with E-state index >= 15 is 0 Å². The molecular formula is C11H13N. The van der Waals surface area contributed by atoms with Crippen LogP contribution in [-0.2, 0) is 0 Å². The number of hydrogen-bond donors (Lipinski definition) is 1. The van der Waals surface area contributed by atoms with Crippen LogP contribution in [-0.4, -0.2) is 4.98 Å². The predicted octanol–water partition coefficient (Wildman–Crippen LogP) is 1.26. The van der Waals surface area contributed by atoms with Gasteiger partial charge in [-0.2, -0.15) is 0 Å². The second-order valence-electron chi connectivity index (χ2n) is 2.60. The zero-order chi connectivity index (χ0) is 8.97. The Labute approximate surface area is 72.4 Å². The van der Waals surface area contributed by atoms with Crippen LogP contribution in [0.4, 0.5) is 0 Å². The minimum Gasteiger partial charge on any atom is -0.361 e. The van der Waals surface area contributed by atoms with Crippen molar-refractivity contribution in [3.8, 4) is 0 Å². The third-order valence-corrected chi connectivity index (χ3v) is 1.73. The van der Waals surface area contributed by atoms with Crippen LogP contribution in [0.15, 0.2) is 31.5 Å². The monoisotopic (exact) mass is 159 g/mol. The van der Waals surface area contributed by atoms with Gasteiger partial charge in [-0.25, -0.2) is 0 Å². The number of rotatable bonds is 2. The molecule has 0 bridgehead atoms. The summed E-state index contributed by atoms with van der Waals surface area (Å²) < 4.78 is 0. The van der Waals surface area contributed by atoms with Gasteiger partial charge in [-0.1, -0.05) is 31.4 Å². The fourth-order valence-electron chi connectivity index (χ4n) is 1.15. The van der Waals surface area contributed by atoms with Crippen LogP contribution >= 0.6 is 0 Å². The largest absolute Gasteiger partial charge is 0.361 e. The van der Waals surface area contributed by atoms with E-state index < -0.39 is 0 Å². The fourth-order valence-corrected chi connectivity index (χ4v) is 1.15. The summed E-state index contributed by atoms with van der Waals surface area (Å²) in [5.41, 5.74) is 1.23. The van der Waals surface area contributed by atoms with Gasteiger partial charge in [0.1, 0.15) is 0 Å². The number of nitrogens with one attached hydrogen (secondary N) is 1. The number of aryl methyl sites for hydroxylation is 1. The van der Waals surface area contributed by atoms with Crippen molar-refractivity contribution in [3.05, 3.63) is 47.6 Å². The highest BCUT2D eigenvalue weighted by molar-refractivity contribution is 5.42. The molecule has 0 atom stereocenters. The minimum atomic E-state index is 1.09. The van der Waals surface area contributed by atoms with Gasteiger partial charge in [-0.3, -0.25) is 0 Å². The molecule has 12 heavy (non-hydrogen) atoms. The number of aromatic nitrogens is 1. The summed E-state index contributed by atoms with van der Waals surface area (Å²) in [6.07, 6.45) is 9.47. The van der Waals surface area contributed by atoms with Crippen LogP contribution in [0, 0.1) is 6.92 Å². The van der Waals surface area contributed by atoms with E-state index in [1.54, 1.807) is 12.2 Å². The van der Waals surface area contributed by atoms with E-state index in [2.05, 4.69) is 25.1 Å². The molecular weight excluding hydrogens is 146 g/mol. The first kappa shape index (κ1) is 8.60. The number of H-pyrrole nitrogens is 1. The molecule has 1 aromatic heterocycles. The lowest BCUT2D eigenvalue weighted by molar-refractivity contribution is 1.32. The van der Waals surface area contributed by atoms with Crippen LogP contribution in [0.2, 0.25) is 0 Å². The molecule has 0 unspecified atom stereocenters. The summed E-state index contributed by atoms with van der Waals surface area (Å²) in [6.45, 7) is 9.38. The van der Waals surface area contributed by atoms with Crippen molar-refractivity contribution < 1.29 is 0 Å². The van der Waals surface area contributed by atoms with Crippen molar-refractivity contribution in [2.45, 2.75) is 6.92 Å². The van der Waals surface area contributed by atoms with E-state index in [1.165, 1.54) is 10.8 Å². The lowest BCUT2D eigenvalue weighted by Crippen LogP contribution is -2.23. The molecule has 62 valence electrons. The summed E-state index contributed by atoms with van der Waals surface area (Å²) in [5.74, 6) is 0. The Bertz CT molecular complexity index is 393. The lowest BCUT2D eigenvalue weighted by atomic mass is 10.2. The number of aromatic amines is 1. The molecule has 0 saturated heterocycles. The predicted molar refractivity (Wildman–Crippen MR) is 54.1 cm³/mol. The Morgan fingerprint density at radius 2 is 1.92 bits per heavy atom. The van der Waals surface area contributed by atoms with Crippen LogP contribution < -0.4 is 10.6 Å². The van der Waals surface area contributed by atoms with Crippen molar-refractivity contribution in [1.82, 2.24) is 4.98 Å². The molecule has 0 aromatic carbocycles. The first-order chi connectivity index (χ1) is 5.79. The molecule has 0 amide bonds. The van der Waals surface area contributed by atoms with Crippen molar-refractivity contribution in [3.63, 3.8) is 0 Å².